The van der Waals surface area contributed by atoms with Crippen LogP contribution in [0.15, 0.2) is 4.99 Å². The van der Waals surface area contributed by atoms with Crippen LogP contribution in [0, 0.1) is 5.92 Å². The molecule has 0 bridgehead atoms. The molecule has 3 N–H and O–H groups in total. The lowest BCUT2D eigenvalue weighted by Crippen LogP contribution is -2.54. The maximum atomic E-state index is 12.0. The standard InChI is InChI=1S/C19H39N5O2.HI/c1-8-24-11-9-10-15(13-24)12-21-16(20-7)22-14-19(5,6)23-17(25)26-18(2,3)4;/h15H,8-14H2,1-7H3,(H,23,25)(H2,20,21,22);1H. The molecule has 0 aromatic rings. The van der Waals surface area contributed by atoms with E-state index in [1.807, 2.05) is 34.6 Å². The number of halogens is 1. The second-order valence-corrected chi connectivity index (χ2v) is 8.72. The van der Waals surface area contributed by atoms with Gasteiger partial charge in [-0.05, 0) is 66.5 Å². The lowest BCUT2D eigenvalue weighted by Gasteiger charge is -2.32. The van der Waals surface area contributed by atoms with E-state index in [1.54, 1.807) is 7.05 Å². The summed E-state index contributed by atoms with van der Waals surface area (Å²) in [6, 6.07) is 0. The molecule has 0 aromatic heterocycles. The number of piperidine rings is 1. The third-order valence-electron chi connectivity index (χ3n) is 4.37. The first kappa shape index (κ1) is 26.2. The smallest absolute Gasteiger partial charge is 0.408 e. The van der Waals surface area contributed by atoms with Crippen LogP contribution in [-0.2, 0) is 4.74 Å². The molecule has 0 aromatic carbocycles. The lowest BCUT2D eigenvalue weighted by atomic mass is 9.98. The van der Waals surface area contributed by atoms with Crippen LogP contribution >= 0.6 is 24.0 Å². The topological polar surface area (TPSA) is 78.0 Å². The van der Waals surface area contributed by atoms with Gasteiger partial charge in [-0.2, -0.15) is 0 Å². The van der Waals surface area contributed by atoms with Gasteiger partial charge in [0, 0.05) is 26.7 Å². The minimum absolute atomic E-state index is 0. The van der Waals surface area contributed by atoms with Crippen molar-refractivity contribution in [3.63, 3.8) is 0 Å². The van der Waals surface area contributed by atoms with Gasteiger partial charge in [0.2, 0.25) is 0 Å². The fraction of sp³-hybridized carbons (Fsp3) is 0.895. The summed E-state index contributed by atoms with van der Waals surface area (Å²) in [6.07, 6.45) is 2.11. The lowest BCUT2D eigenvalue weighted by molar-refractivity contribution is 0.0474. The number of rotatable bonds is 6. The molecule has 0 aliphatic carbocycles. The molecule has 8 heteroatoms. The molecule has 1 fully saturated rings. The Bertz CT molecular complexity index is 477. The van der Waals surface area contributed by atoms with Crippen molar-refractivity contribution < 1.29 is 9.53 Å². The number of amides is 1. The van der Waals surface area contributed by atoms with Crippen molar-refractivity contribution in [2.75, 3.05) is 39.8 Å². The summed E-state index contributed by atoms with van der Waals surface area (Å²) < 4.78 is 5.33. The second-order valence-electron chi connectivity index (χ2n) is 8.72. The van der Waals surface area contributed by atoms with E-state index < -0.39 is 17.2 Å². The number of nitrogens with zero attached hydrogens (tertiary/aromatic N) is 2. The quantitative estimate of drug-likeness (QED) is 0.299. The van der Waals surface area contributed by atoms with Gasteiger partial charge in [-0.1, -0.05) is 6.92 Å². The summed E-state index contributed by atoms with van der Waals surface area (Å²) in [5, 5.41) is 9.61. The number of nitrogens with one attached hydrogen (secondary N) is 3. The minimum atomic E-state index is -0.502. The van der Waals surface area contributed by atoms with Crippen LogP contribution in [-0.4, -0.2) is 67.9 Å². The van der Waals surface area contributed by atoms with Crippen LogP contribution in [0.25, 0.3) is 0 Å². The average molecular weight is 497 g/mol. The van der Waals surface area contributed by atoms with Crippen LogP contribution in [0.3, 0.4) is 0 Å². The van der Waals surface area contributed by atoms with E-state index in [-0.39, 0.29) is 24.0 Å². The van der Waals surface area contributed by atoms with Crippen molar-refractivity contribution in [3.05, 3.63) is 0 Å². The Balaban J connectivity index is 0.00000676. The summed E-state index contributed by atoms with van der Waals surface area (Å²) in [5.41, 5.74) is -0.957. The Kier molecular flexibility index (Phi) is 11.6. The van der Waals surface area contributed by atoms with Crippen LogP contribution in [0.4, 0.5) is 4.79 Å². The Morgan fingerprint density at radius 2 is 1.89 bits per heavy atom. The fourth-order valence-corrected chi connectivity index (χ4v) is 3.00. The first-order valence-corrected chi connectivity index (χ1v) is 9.72. The van der Waals surface area contributed by atoms with Gasteiger partial charge in [-0.25, -0.2) is 4.79 Å². The summed E-state index contributed by atoms with van der Waals surface area (Å²) in [5.74, 6) is 1.41. The van der Waals surface area contributed by atoms with Gasteiger partial charge in [0.05, 0.1) is 5.54 Å². The van der Waals surface area contributed by atoms with Crippen molar-refractivity contribution in [3.8, 4) is 0 Å². The first-order chi connectivity index (χ1) is 12.0. The molecular weight excluding hydrogens is 457 g/mol. The molecule has 0 radical (unpaired) electrons. The Hall–Kier alpha value is -0.770. The van der Waals surface area contributed by atoms with Gasteiger partial charge in [0.1, 0.15) is 5.60 Å². The minimum Gasteiger partial charge on any atom is -0.444 e. The van der Waals surface area contributed by atoms with E-state index in [1.165, 1.54) is 19.4 Å². The van der Waals surface area contributed by atoms with Crippen molar-refractivity contribution in [2.45, 2.75) is 65.5 Å². The molecule has 1 heterocycles. The number of alkyl carbamates (subject to hydrolysis) is 1. The number of guanidine groups is 1. The van der Waals surface area contributed by atoms with Crippen molar-refractivity contribution in [2.24, 2.45) is 10.9 Å². The molecule has 0 saturated carbocycles. The number of likely N-dealkylation sites (tertiary alicyclic amines) is 1. The molecule has 1 unspecified atom stereocenters. The van der Waals surface area contributed by atoms with Gasteiger partial charge >= 0.3 is 6.09 Å². The SMILES string of the molecule is CCN1CCCC(CNC(=NC)NCC(C)(C)NC(=O)OC(C)(C)C)C1.I. The monoisotopic (exact) mass is 497 g/mol. The van der Waals surface area contributed by atoms with Gasteiger partial charge in [0.15, 0.2) is 5.96 Å². The molecule has 1 aliphatic heterocycles. The molecule has 1 amide bonds. The largest absolute Gasteiger partial charge is 0.444 e. The number of carbonyl (C=O) groups excluding carboxylic acids is 1. The predicted molar refractivity (Wildman–Crippen MR) is 123 cm³/mol. The van der Waals surface area contributed by atoms with Crippen LogP contribution < -0.4 is 16.0 Å². The maximum absolute atomic E-state index is 12.0. The maximum Gasteiger partial charge on any atom is 0.408 e. The summed E-state index contributed by atoms with van der Waals surface area (Å²) in [7, 11) is 1.77. The first-order valence-electron chi connectivity index (χ1n) is 9.72. The molecule has 27 heavy (non-hydrogen) atoms. The highest BCUT2D eigenvalue weighted by Gasteiger charge is 2.25. The van der Waals surface area contributed by atoms with Gasteiger partial charge < -0.3 is 25.6 Å². The molecule has 1 saturated heterocycles. The zero-order chi connectivity index (χ0) is 19.8. The Morgan fingerprint density at radius 1 is 1.22 bits per heavy atom. The van der Waals surface area contributed by atoms with E-state index in [2.05, 4.69) is 32.8 Å². The third-order valence-corrected chi connectivity index (χ3v) is 4.37. The summed E-state index contributed by atoms with van der Waals surface area (Å²) in [6.45, 7) is 16.6. The van der Waals surface area contributed by atoms with Gasteiger partial charge in [0.25, 0.3) is 0 Å². The molecule has 1 aliphatic rings. The van der Waals surface area contributed by atoms with Crippen LogP contribution in [0.2, 0.25) is 0 Å². The highest BCUT2D eigenvalue weighted by Crippen LogP contribution is 2.15. The normalized spacial score (nSPS) is 19.1. The molecule has 0 spiro atoms. The van der Waals surface area contributed by atoms with Gasteiger partial charge in [-0.15, -0.1) is 24.0 Å². The fourth-order valence-electron chi connectivity index (χ4n) is 3.00. The number of hydrogen-bond donors (Lipinski definition) is 3. The highest BCUT2D eigenvalue weighted by atomic mass is 127. The number of ether oxygens (including phenoxy) is 1. The number of carbonyl (C=O) groups is 1. The predicted octanol–water partition coefficient (Wildman–Crippen LogP) is 2.80. The molecule has 7 nitrogen and oxygen atoms in total. The average Bonchev–Trinajstić information content (AvgIpc) is 2.52. The second kappa shape index (κ2) is 11.9. The number of hydrogen-bond acceptors (Lipinski definition) is 4. The Labute approximate surface area is 182 Å². The van der Waals surface area contributed by atoms with Crippen molar-refractivity contribution in [1.29, 1.82) is 0 Å². The molecule has 1 rings (SSSR count). The van der Waals surface area contributed by atoms with E-state index >= 15 is 0 Å². The molecular formula is C19H40IN5O2. The van der Waals surface area contributed by atoms with E-state index in [4.69, 9.17) is 4.74 Å². The Morgan fingerprint density at radius 3 is 2.44 bits per heavy atom. The van der Waals surface area contributed by atoms with Crippen molar-refractivity contribution >= 4 is 36.0 Å². The highest BCUT2D eigenvalue weighted by molar-refractivity contribution is 14.0. The third kappa shape index (κ3) is 11.6. The van der Waals surface area contributed by atoms with Crippen LogP contribution in [0.5, 0.6) is 0 Å². The molecule has 160 valence electrons. The van der Waals surface area contributed by atoms with E-state index in [0.29, 0.717) is 12.5 Å². The van der Waals surface area contributed by atoms with Gasteiger partial charge in [-0.3, -0.25) is 4.99 Å². The summed E-state index contributed by atoms with van der Waals surface area (Å²) in [4.78, 5) is 18.8. The number of aliphatic imine (C=N–C) groups is 1. The zero-order valence-electron chi connectivity index (χ0n) is 18.1. The van der Waals surface area contributed by atoms with E-state index in [0.717, 1.165) is 25.6 Å². The summed E-state index contributed by atoms with van der Waals surface area (Å²) >= 11 is 0. The molecule has 1 atom stereocenters. The zero-order valence-corrected chi connectivity index (χ0v) is 20.5. The van der Waals surface area contributed by atoms with E-state index in [9.17, 15) is 4.79 Å². The van der Waals surface area contributed by atoms with Crippen LogP contribution in [0.1, 0.15) is 54.4 Å². The van der Waals surface area contributed by atoms with Crippen molar-refractivity contribution in [1.82, 2.24) is 20.9 Å².